The monoisotopic (exact) mass is 287 g/mol. The molecule has 0 radical (unpaired) electrons. The van der Waals surface area contributed by atoms with E-state index >= 15 is 0 Å². The maximum absolute atomic E-state index is 12.1. The first-order valence-corrected chi connectivity index (χ1v) is 6.38. The standard InChI is InChI=1S/C11H9N7OS/c12-15-9-7-4-2-1-3-6(7)5-8(13-9)10(19)14-11-16-17-18-20-11/h1-5H,12H2,(H,13,15)(H,14,16,18,19). The first-order valence-electron chi connectivity index (χ1n) is 5.61. The molecule has 0 bridgehead atoms. The molecule has 1 amide bonds. The molecular weight excluding hydrogens is 278 g/mol. The van der Waals surface area contributed by atoms with E-state index in [1.165, 1.54) is 0 Å². The molecule has 4 N–H and O–H groups in total. The Hall–Kier alpha value is -2.65. The fraction of sp³-hybridized carbons (Fsp3) is 0. The van der Waals surface area contributed by atoms with E-state index in [2.05, 4.69) is 30.5 Å². The van der Waals surface area contributed by atoms with E-state index in [9.17, 15) is 4.79 Å². The summed E-state index contributed by atoms with van der Waals surface area (Å²) in [4.78, 5) is 16.3. The summed E-state index contributed by atoms with van der Waals surface area (Å²) in [6.07, 6.45) is 0. The predicted molar refractivity (Wildman–Crippen MR) is 75.2 cm³/mol. The number of hydrogen-bond donors (Lipinski definition) is 3. The third kappa shape index (κ3) is 2.27. The van der Waals surface area contributed by atoms with Crippen LogP contribution in [0.1, 0.15) is 10.5 Å². The van der Waals surface area contributed by atoms with Gasteiger partial charge in [-0.3, -0.25) is 10.1 Å². The minimum atomic E-state index is -0.397. The van der Waals surface area contributed by atoms with Gasteiger partial charge in [-0.05, 0) is 16.7 Å². The van der Waals surface area contributed by atoms with E-state index < -0.39 is 5.91 Å². The van der Waals surface area contributed by atoms with Crippen molar-refractivity contribution in [1.29, 1.82) is 0 Å². The van der Waals surface area contributed by atoms with Gasteiger partial charge in [-0.2, -0.15) is 0 Å². The first kappa shape index (κ1) is 12.4. The van der Waals surface area contributed by atoms with E-state index in [0.29, 0.717) is 10.9 Å². The number of benzene rings is 1. The highest BCUT2D eigenvalue weighted by Crippen LogP contribution is 2.22. The van der Waals surface area contributed by atoms with Gasteiger partial charge in [0.2, 0.25) is 5.13 Å². The average molecular weight is 287 g/mol. The van der Waals surface area contributed by atoms with Gasteiger partial charge in [0.05, 0.1) is 0 Å². The number of nitrogen functional groups attached to an aromatic ring is 1. The number of amides is 1. The molecule has 0 spiro atoms. The SMILES string of the molecule is NNc1nc(C(=O)Nc2nnns2)cc2ccccc12. The van der Waals surface area contributed by atoms with Crippen molar-refractivity contribution in [3.05, 3.63) is 36.0 Å². The molecule has 8 nitrogen and oxygen atoms in total. The van der Waals surface area contributed by atoms with Crippen LogP contribution < -0.4 is 16.6 Å². The van der Waals surface area contributed by atoms with Gasteiger partial charge in [-0.15, -0.1) is 0 Å². The molecule has 0 aliphatic heterocycles. The van der Waals surface area contributed by atoms with Crippen molar-refractivity contribution in [2.75, 3.05) is 10.7 Å². The number of hydrazine groups is 1. The summed E-state index contributed by atoms with van der Waals surface area (Å²) in [7, 11) is 0. The summed E-state index contributed by atoms with van der Waals surface area (Å²) in [5, 5.41) is 11.6. The van der Waals surface area contributed by atoms with Gasteiger partial charge < -0.3 is 5.43 Å². The molecule has 9 heteroatoms. The number of fused-ring (bicyclic) bond motifs is 1. The molecule has 3 rings (SSSR count). The second-order valence-corrected chi connectivity index (χ2v) is 4.58. The van der Waals surface area contributed by atoms with Crippen LogP contribution in [0.5, 0.6) is 0 Å². The van der Waals surface area contributed by atoms with Crippen molar-refractivity contribution in [3.63, 3.8) is 0 Å². The normalized spacial score (nSPS) is 10.4. The molecule has 0 unspecified atom stereocenters. The molecule has 0 atom stereocenters. The summed E-state index contributed by atoms with van der Waals surface area (Å²) in [6.45, 7) is 0. The van der Waals surface area contributed by atoms with Crippen LogP contribution in [0.3, 0.4) is 0 Å². The summed E-state index contributed by atoms with van der Waals surface area (Å²) in [5.74, 6) is 5.48. The quantitative estimate of drug-likeness (QED) is 0.486. The molecule has 3 aromatic rings. The molecule has 0 saturated heterocycles. The van der Waals surface area contributed by atoms with Crippen molar-refractivity contribution in [3.8, 4) is 0 Å². The lowest BCUT2D eigenvalue weighted by atomic mass is 10.1. The second kappa shape index (κ2) is 5.15. The highest BCUT2D eigenvalue weighted by Gasteiger charge is 2.13. The summed E-state index contributed by atoms with van der Waals surface area (Å²) in [6, 6.07) is 9.17. The lowest BCUT2D eigenvalue weighted by Gasteiger charge is -2.07. The third-order valence-electron chi connectivity index (χ3n) is 2.63. The minimum absolute atomic E-state index is 0.229. The number of carbonyl (C=O) groups excluding carboxylic acids is 1. The molecule has 2 aromatic heterocycles. The van der Waals surface area contributed by atoms with Crippen molar-refractivity contribution < 1.29 is 4.79 Å². The maximum atomic E-state index is 12.1. The highest BCUT2D eigenvalue weighted by molar-refractivity contribution is 7.09. The number of nitrogens with two attached hydrogens (primary N) is 1. The number of rotatable bonds is 3. The Morgan fingerprint density at radius 1 is 1.30 bits per heavy atom. The molecule has 0 aliphatic rings. The molecule has 1 aromatic carbocycles. The van der Waals surface area contributed by atoms with Crippen molar-refractivity contribution in [2.45, 2.75) is 0 Å². The van der Waals surface area contributed by atoms with E-state index in [0.717, 1.165) is 22.3 Å². The summed E-state index contributed by atoms with van der Waals surface area (Å²) >= 11 is 0.987. The van der Waals surface area contributed by atoms with Crippen LogP contribution in [-0.2, 0) is 0 Å². The Kier molecular flexibility index (Phi) is 3.19. The van der Waals surface area contributed by atoms with Crippen molar-refractivity contribution >= 4 is 39.2 Å². The molecule has 2 heterocycles. The Balaban J connectivity index is 2.01. The summed E-state index contributed by atoms with van der Waals surface area (Å²) in [5.41, 5.74) is 2.72. The fourth-order valence-corrected chi connectivity index (χ4v) is 2.13. The van der Waals surface area contributed by atoms with Crippen LogP contribution in [-0.4, -0.2) is 25.7 Å². The Bertz CT molecular complexity index is 759. The zero-order valence-electron chi connectivity index (χ0n) is 10.1. The largest absolute Gasteiger partial charge is 0.308 e. The number of anilines is 2. The number of pyridine rings is 1. The molecule has 0 fully saturated rings. The number of nitrogens with one attached hydrogen (secondary N) is 2. The predicted octanol–water partition coefficient (Wildman–Crippen LogP) is 1.02. The second-order valence-electron chi connectivity index (χ2n) is 3.84. The lowest BCUT2D eigenvalue weighted by Crippen LogP contribution is -2.16. The molecule has 0 aliphatic carbocycles. The topological polar surface area (TPSA) is 119 Å². The van der Waals surface area contributed by atoms with Crippen molar-refractivity contribution in [1.82, 2.24) is 19.8 Å². The molecule has 100 valence electrons. The van der Waals surface area contributed by atoms with Crippen LogP contribution in [0.15, 0.2) is 30.3 Å². The van der Waals surface area contributed by atoms with Gasteiger partial charge in [0.15, 0.2) is 0 Å². The van der Waals surface area contributed by atoms with Gasteiger partial charge in [0.25, 0.3) is 5.91 Å². The molecule has 20 heavy (non-hydrogen) atoms. The highest BCUT2D eigenvalue weighted by atomic mass is 32.1. The smallest absolute Gasteiger partial charge is 0.276 e. The molecule has 0 saturated carbocycles. The number of nitrogens with zero attached hydrogens (tertiary/aromatic N) is 4. The fourth-order valence-electron chi connectivity index (χ4n) is 1.77. The van der Waals surface area contributed by atoms with Crippen LogP contribution in [0.25, 0.3) is 10.8 Å². The van der Waals surface area contributed by atoms with E-state index in [4.69, 9.17) is 5.84 Å². The van der Waals surface area contributed by atoms with Crippen molar-refractivity contribution in [2.24, 2.45) is 5.84 Å². The van der Waals surface area contributed by atoms with E-state index in [1.54, 1.807) is 6.07 Å². The Labute approximate surface area is 117 Å². The third-order valence-corrected chi connectivity index (χ3v) is 3.14. The van der Waals surface area contributed by atoms with Gasteiger partial charge >= 0.3 is 0 Å². The maximum Gasteiger partial charge on any atom is 0.276 e. The van der Waals surface area contributed by atoms with Crippen LogP contribution in [0.4, 0.5) is 10.9 Å². The Morgan fingerprint density at radius 3 is 2.90 bits per heavy atom. The number of carbonyl (C=O) groups is 1. The minimum Gasteiger partial charge on any atom is -0.308 e. The lowest BCUT2D eigenvalue weighted by molar-refractivity contribution is 0.102. The van der Waals surface area contributed by atoms with Gasteiger partial charge in [0.1, 0.15) is 11.5 Å². The van der Waals surface area contributed by atoms with E-state index in [-0.39, 0.29) is 5.69 Å². The zero-order chi connectivity index (χ0) is 13.9. The summed E-state index contributed by atoms with van der Waals surface area (Å²) < 4.78 is 3.57. The van der Waals surface area contributed by atoms with Gasteiger partial charge in [-0.25, -0.2) is 10.8 Å². The van der Waals surface area contributed by atoms with Gasteiger partial charge in [0, 0.05) is 16.9 Å². The van der Waals surface area contributed by atoms with Crippen LogP contribution in [0, 0.1) is 0 Å². The van der Waals surface area contributed by atoms with Gasteiger partial charge in [-0.1, -0.05) is 33.9 Å². The van der Waals surface area contributed by atoms with Crippen LogP contribution in [0.2, 0.25) is 0 Å². The van der Waals surface area contributed by atoms with Crippen LogP contribution >= 0.6 is 11.5 Å². The number of hydrogen-bond acceptors (Lipinski definition) is 8. The van der Waals surface area contributed by atoms with E-state index in [1.807, 2.05) is 24.3 Å². The molecular formula is C11H9N7OS. The zero-order valence-corrected chi connectivity index (χ0v) is 10.9. The average Bonchev–Trinajstić information content (AvgIpc) is 2.99. The first-order chi connectivity index (χ1) is 9.78. The number of aromatic nitrogens is 4. The Morgan fingerprint density at radius 2 is 2.15 bits per heavy atom.